The first-order valence-electron chi connectivity index (χ1n) is 9.82. The van der Waals surface area contributed by atoms with Gasteiger partial charge in [0.15, 0.2) is 0 Å². The van der Waals surface area contributed by atoms with Gasteiger partial charge in [0.1, 0.15) is 5.25 Å². The second-order valence-electron chi connectivity index (χ2n) is 6.95. The Morgan fingerprint density at radius 1 is 0.844 bits per heavy atom. The van der Waals surface area contributed by atoms with Crippen molar-refractivity contribution in [1.82, 2.24) is 0 Å². The predicted molar refractivity (Wildman–Crippen MR) is 127 cm³/mol. The van der Waals surface area contributed by atoms with Crippen molar-refractivity contribution in [2.45, 2.75) is 17.1 Å². The SMILES string of the molecule is Cc1cccc(NC(=O)C(Sc2ccc(NC(=O)/C=C/C(=O)O)cc2)c2ccccc2)c1. The first kappa shape index (κ1) is 22.8. The Morgan fingerprint density at radius 2 is 1.56 bits per heavy atom. The third kappa shape index (κ3) is 6.85. The van der Waals surface area contributed by atoms with Gasteiger partial charge in [-0.05, 0) is 54.4 Å². The first-order chi connectivity index (χ1) is 15.4. The topological polar surface area (TPSA) is 95.5 Å². The Hall–Kier alpha value is -3.84. The number of carboxylic acid groups (broad SMARTS) is 1. The summed E-state index contributed by atoms with van der Waals surface area (Å²) in [4.78, 5) is 36.2. The minimum atomic E-state index is -1.19. The Morgan fingerprint density at radius 3 is 2.22 bits per heavy atom. The summed E-state index contributed by atoms with van der Waals surface area (Å²) in [6, 6.07) is 24.2. The summed E-state index contributed by atoms with van der Waals surface area (Å²) in [5, 5.41) is 13.7. The fraction of sp³-hybridized carbons (Fsp3) is 0.0800. The van der Waals surface area contributed by atoms with E-state index in [1.807, 2.05) is 61.5 Å². The summed E-state index contributed by atoms with van der Waals surface area (Å²) < 4.78 is 0. The van der Waals surface area contributed by atoms with Gasteiger partial charge in [0, 0.05) is 28.4 Å². The molecule has 6 nitrogen and oxygen atoms in total. The van der Waals surface area contributed by atoms with E-state index in [0.29, 0.717) is 5.69 Å². The highest BCUT2D eigenvalue weighted by molar-refractivity contribution is 8.00. The van der Waals surface area contributed by atoms with Crippen LogP contribution in [0.1, 0.15) is 16.4 Å². The molecule has 0 saturated heterocycles. The zero-order chi connectivity index (χ0) is 22.9. The molecule has 0 aliphatic heterocycles. The van der Waals surface area contributed by atoms with Crippen LogP contribution in [0.25, 0.3) is 0 Å². The van der Waals surface area contributed by atoms with Crippen molar-refractivity contribution < 1.29 is 19.5 Å². The zero-order valence-electron chi connectivity index (χ0n) is 17.3. The molecule has 0 radical (unpaired) electrons. The van der Waals surface area contributed by atoms with Crippen LogP contribution in [0.2, 0.25) is 0 Å². The van der Waals surface area contributed by atoms with Crippen LogP contribution in [0.4, 0.5) is 11.4 Å². The number of amides is 2. The van der Waals surface area contributed by atoms with Crippen molar-refractivity contribution in [2.75, 3.05) is 10.6 Å². The van der Waals surface area contributed by atoms with E-state index in [1.165, 1.54) is 11.8 Å². The van der Waals surface area contributed by atoms with E-state index in [-0.39, 0.29) is 5.91 Å². The number of carboxylic acids is 1. The molecule has 3 aromatic rings. The molecular formula is C25H22N2O4S. The van der Waals surface area contributed by atoms with Gasteiger partial charge in [-0.3, -0.25) is 9.59 Å². The number of carbonyl (C=O) groups excluding carboxylic acids is 2. The number of aryl methyl sites for hydroxylation is 1. The highest BCUT2D eigenvalue weighted by Crippen LogP contribution is 2.36. The summed E-state index contributed by atoms with van der Waals surface area (Å²) in [6.07, 6.45) is 1.73. The molecule has 0 aromatic heterocycles. The van der Waals surface area contributed by atoms with Crippen LogP contribution in [0.15, 0.2) is 95.9 Å². The van der Waals surface area contributed by atoms with Gasteiger partial charge in [0.2, 0.25) is 11.8 Å². The average Bonchev–Trinajstić information content (AvgIpc) is 2.77. The fourth-order valence-corrected chi connectivity index (χ4v) is 3.94. The molecule has 32 heavy (non-hydrogen) atoms. The van der Waals surface area contributed by atoms with Crippen LogP contribution in [0, 0.1) is 6.92 Å². The Labute approximate surface area is 190 Å². The van der Waals surface area contributed by atoms with E-state index in [4.69, 9.17) is 5.11 Å². The maximum Gasteiger partial charge on any atom is 0.328 e. The van der Waals surface area contributed by atoms with Gasteiger partial charge < -0.3 is 15.7 Å². The molecule has 7 heteroatoms. The molecule has 1 atom stereocenters. The minimum Gasteiger partial charge on any atom is -0.478 e. The Kier molecular flexibility index (Phi) is 7.83. The largest absolute Gasteiger partial charge is 0.478 e. The van der Waals surface area contributed by atoms with Crippen molar-refractivity contribution >= 4 is 40.9 Å². The van der Waals surface area contributed by atoms with Crippen molar-refractivity contribution in [1.29, 1.82) is 0 Å². The lowest BCUT2D eigenvalue weighted by Gasteiger charge is -2.17. The molecule has 2 amide bonds. The molecule has 3 aromatic carbocycles. The number of hydrogen-bond donors (Lipinski definition) is 3. The van der Waals surface area contributed by atoms with E-state index in [0.717, 1.165) is 33.9 Å². The molecule has 0 fully saturated rings. The summed E-state index contributed by atoms with van der Waals surface area (Å²) in [5.74, 6) is -1.86. The van der Waals surface area contributed by atoms with Crippen molar-refractivity contribution in [3.8, 4) is 0 Å². The quantitative estimate of drug-likeness (QED) is 0.333. The highest BCUT2D eigenvalue weighted by Gasteiger charge is 2.22. The van der Waals surface area contributed by atoms with Crippen LogP contribution < -0.4 is 10.6 Å². The van der Waals surface area contributed by atoms with Crippen LogP contribution in [0.5, 0.6) is 0 Å². The van der Waals surface area contributed by atoms with Gasteiger partial charge in [-0.25, -0.2) is 4.79 Å². The molecule has 162 valence electrons. The number of hydrogen-bond acceptors (Lipinski definition) is 4. The van der Waals surface area contributed by atoms with Gasteiger partial charge in [0.05, 0.1) is 0 Å². The number of rotatable bonds is 8. The van der Waals surface area contributed by atoms with E-state index in [1.54, 1.807) is 24.3 Å². The number of aliphatic carboxylic acids is 1. The van der Waals surface area contributed by atoms with Crippen molar-refractivity contribution in [3.05, 3.63) is 102 Å². The molecule has 0 heterocycles. The van der Waals surface area contributed by atoms with Gasteiger partial charge in [-0.2, -0.15) is 0 Å². The molecule has 3 N–H and O–H groups in total. The highest BCUT2D eigenvalue weighted by atomic mass is 32.2. The minimum absolute atomic E-state index is 0.136. The lowest BCUT2D eigenvalue weighted by atomic mass is 10.1. The average molecular weight is 447 g/mol. The van der Waals surface area contributed by atoms with E-state index in [9.17, 15) is 14.4 Å². The summed E-state index contributed by atoms with van der Waals surface area (Å²) >= 11 is 1.40. The zero-order valence-corrected chi connectivity index (χ0v) is 18.1. The second-order valence-corrected chi connectivity index (χ2v) is 8.13. The second kappa shape index (κ2) is 11.0. The maximum absolute atomic E-state index is 13.1. The number of anilines is 2. The van der Waals surface area contributed by atoms with Crippen LogP contribution in [0.3, 0.4) is 0 Å². The molecular weight excluding hydrogens is 424 g/mol. The Balaban J connectivity index is 1.74. The molecule has 0 bridgehead atoms. The van der Waals surface area contributed by atoms with Gasteiger partial charge in [0.25, 0.3) is 0 Å². The smallest absolute Gasteiger partial charge is 0.328 e. The van der Waals surface area contributed by atoms with Crippen LogP contribution in [-0.4, -0.2) is 22.9 Å². The van der Waals surface area contributed by atoms with E-state index >= 15 is 0 Å². The molecule has 3 rings (SSSR count). The van der Waals surface area contributed by atoms with Gasteiger partial charge in [-0.1, -0.05) is 42.5 Å². The van der Waals surface area contributed by atoms with Crippen molar-refractivity contribution in [3.63, 3.8) is 0 Å². The monoisotopic (exact) mass is 446 g/mol. The lowest BCUT2D eigenvalue weighted by molar-refractivity contribution is -0.131. The van der Waals surface area contributed by atoms with Gasteiger partial charge >= 0.3 is 5.97 Å². The summed E-state index contributed by atoms with van der Waals surface area (Å²) in [5.41, 5.74) is 3.19. The maximum atomic E-state index is 13.1. The van der Waals surface area contributed by atoms with E-state index in [2.05, 4.69) is 10.6 Å². The Bertz CT molecular complexity index is 1130. The van der Waals surface area contributed by atoms with E-state index < -0.39 is 17.1 Å². The molecule has 0 aliphatic carbocycles. The van der Waals surface area contributed by atoms with Crippen LogP contribution >= 0.6 is 11.8 Å². The number of thioether (sulfide) groups is 1. The number of carbonyl (C=O) groups is 3. The van der Waals surface area contributed by atoms with Crippen molar-refractivity contribution in [2.24, 2.45) is 0 Å². The van der Waals surface area contributed by atoms with Crippen LogP contribution in [-0.2, 0) is 14.4 Å². The first-order valence-corrected chi connectivity index (χ1v) is 10.7. The molecule has 1 unspecified atom stereocenters. The standard InChI is InChI=1S/C25H22N2O4S/c1-17-6-5-9-20(16-17)27-25(31)24(18-7-3-2-4-8-18)32-21-12-10-19(11-13-21)26-22(28)14-15-23(29)30/h2-16,24H,1H3,(H,26,28)(H,27,31)(H,29,30)/b15-14+. The fourth-order valence-electron chi connectivity index (χ4n) is 2.92. The molecule has 0 aliphatic rings. The molecule has 0 spiro atoms. The normalized spacial score (nSPS) is 11.7. The number of benzene rings is 3. The third-order valence-corrected chi connectivity index (χ3v) is 5.65. The van der Waals surface area contributed by atoms with Gasteiger partial charge in [-0.15, -0.1) is 11.8 Å². The third-order valence-electron chi connectivity index (χ3n) is 4.38. The number of nitrogens with one attached hydrogen (secondary N) is 2. The summed E-state index contributed by atoms with van der Waals surface area (Å²) in [7, 11) is 0. The lowest BCUT2D eigenvalue weighted by Crippen LogP contribution is -2.19. The predicted octanol–water partition coefficient (Wildman–Crippen LogP) is 5.05. The summed E-state index contributed by atoms with van der Waals surface area (Å²) in [6.45, 7) is 1.97. The molecule has 0 saturated carbocycles.